The van der Waals surface area contributed by atoms with Gasteiger partial charge in [-0.2, -0.15) is 0 Å². The first-order chi connectivity index (χ1) is 8.18. The first kappa shape index (κ1) is 11.1. The molecule has 0 aliphatic heterocycles. The van der Waals surface area contributed by atoms with Crippen molar-refractivity contribution in [1.29, 1.82) is 0 Å². The lowest BCUT2D eigenvalue weighted by Gasteiger charge is -2.08. The molecule has 2 aromatic rings. The van der Waals surface area contributed by atoms with Crippen molar-refractivity contribution in [3.05, 3.63) is 48.0 Å². The van der Waals surface area contributed by atoms with Gasteiger partial charge < -0.3 is 11.1 Å². The number of hydrogen-bond donors (Lipinski definition) is 2. The number of nitrogens with zero attached hydrogens (tertiary/aromatic N) is 2. The normalized spacial score (nSPS) is 9.94. The third kappa shape index (κ3) is 2.39. The fourth-order valence-electron chi connectivity index (χ4n) is 1.38. The minimum atomic E-state index is -0.285. The summed E-state index contributed by atoms with van der Waals surface area (Å²) in [5.41, 5.74) is 8.06. The zero-order valence-corrected chi connectivity index (χ0v) is 9.34. The number of pyridine rings is 2. The van der Waals surface area contributed by atoms with Gasteiger partial charge in [0.15, 0.2) is 0 Å². The fourth-order valence-corrected chi connectivity index (χ4v) is 1.38. The van der Waals surface area contributed by atoms with E-state index in [1.807, 2.05) is 13.0 Å². The molecule has 0 radical (unpaired) electrons. The first-order valence-corrected chi connectivity index (χ1v) is 5.10. The number of nitrogen functional groups attached to an aromatic ring is 1. The molecule has 3 N–H and O–H groups in total. The highest BCUT2D eigenvalue weighted by Crippen LogP contribution is 2.15. The van der Waals surface area contributed by atoms with Gasteiger partial charge in [0.1, 0.15) is 0 Å². The highest BCUT2D eigenvalue weighted by Gasteiger charge is 2.10. The molecule has 0 aromatic carbocycles. The number of anilines is 2. The Balaban J connectivity index is 2.24. The Hall–Kier alpha value is -2.43. The molecule has 17 heavy (non-hydrogen) atoms. The van der Waals surface area contributed by atoms with E-state index in [4.69, 9.17) is 5.73 Å². The maximum absolute atomic E-state index is 11.9. The van der Waals surface area contributed by atoms with Crippen LogP contribution in [0.15, 0.2) is 36.9 Å². The monoisotopic (exact) mass is 228 g/mol. The number of aromatic nitrogens is 2. The molecule has 0 atom stereocenters. The molecule has 2 aromatic heterocycles. The summed E-state index contributed by atoms with van der Waals surface area (Å²) < 4.78 is 0. The van der Waals surface area contributed by atoms with Crippen LogP contribution in [0.25, 0.3) is 0 Å². The second-order valence-electron chi connectivity index (χ2n) is 3.61. The summed E-state index contributed by atoms with van der Waals surface area (Å²) in [6.07, 6.45) is 6.25. The standard InChI is InChI=1S/C12H12N4O/c1-8-2-4-15-7-11(8)16-12(17)9-6-14-5-3-10(9)13/h2-7H,1H3,(H2,13,14)(H,16,17). The topological polar surface area (TPSA) is 80.9 Å². The lowest BCUT2D eigenvalue weighted by Crippen LogP contribution is -2.15. The smallest absolute Gasteiger partial charge is 0.259 e. The molecule has 0 saturated carbocycles. The van der Waals surface area contributed by atoms with Crippen LogP contribution in [0, 0.1) is 6.92 Å². The van der Waals surface area contributed by atoms with Crippen molar-refractivity contribution in [2.45, 2.75) is 6.92 Å². The molecule has 2 rings (SSSR count). The molecule has 2 heterocycles. The molecule has 0 aliphatic carbocycles. The number of rotatable bonds is 2. The van der Waals surface area contributed by atoms with Gasteiger partial charge in [-0.15, -0.1) is 0 Å². The summed E-state index contributed by atoms with van der Waals surface area (Å²) >= 11 is 0. The van der Waals surface area contributed by atoms with Gasteiger partial charge in [0.05, 0.1) is 17.4 Å². The first-order valence-electron chi connectivity index (χ1n) is 5.10. The van der Waals surface area contributed by atoms with Crippen molar-refractivity contribution in [3.8, 4) is 0 Å². The number of carbonyl (C=O) groups excluding carboxylic acids is 1. The molecule has 0 spiro atoms. The van der Waals surface area contributed by atoms with Gasteiger partial charge in [0, 0.05) is 24.3 Å². The quantitative estimate of drug-likeness (QED) is 0.818. The highest BCUT2D eigenvalue weighted by atomic mass is 16.1. The average molecular weight is 228 g/mol. The molecule has 1 amide bonds. The van der Waals surface area contributed by atoms with Crippen LogP contribution >= 0.6 is 0 Å². The lowest BCUT2D eigenvalue weighted by molar-refractivity contribution is 0.102. The Labute approximate surface area is 98.7 Å². The van der Waals surface area contributed by atoms with Crippen LogP contribution in [0.1, 0.15) is 15.9 Å². The molecule has 5 heteroatoms. The van der Waals surface area contributed by atoms with E-state index in [-0.39, 0.29) is 5.91 Å². The van der Waals surface area contributed by atoms with Gasteiger partial charge in [0.25, 0.3) is 5.91 Å². The van der Waals surface area contributed by atoms with Crippen molar-refractivity contribution >= 4 is 17.3 Å². The van der Waals surface area contributed by atoms with E-state index in [9.17, 15) is 4.79 Å². The van der Waals surface area contributed by atoms with Crippen LogP contribution < -0.4 is 11.1 Å². The predicted molar refractivity (Wildman–Crippen MR) is 65.6 cm³/mol. The molecule has 5 nitrogen and oxygen atoms in total. The van der Waals surface area contributed by atoms with Gasteiger partial charge in [0.2, 0.25) is 0 Å². The summed E-state index contributed by atoms with van der Waals surface area (Å²) in [6.45, 7) is 1.89. The van der Waals surface area contributed by atoms with Crippen LogP contribution in [0.5, 0.6) is 0 Å². The summed E-state index contributed by atoms with van der Waals surface area (Å²) in [5, 5.41) is 2.75. The Morgan fingerprint density at radius 2 is 1.94 bits per heavy atom. The van der Waals surface area contributed by atoms with E-state index in [1.54, 1.807) is 24.7 Å². The number of amides is 1. The third-order valence-corrected chi connectivity index (χ3v) is 2.39. The average Bonchev–Trinajstić information content (AvgIpc) is 2.32. The second-order valence-corrected chi connectivity index (χ2v) is 3.61. The summed E-state index contributed by atoms with van der Waals surface area (Å²) in [4.78, 5) is 19.8. The third-order valence-electron chi connectivity index (χ3n) is 2.39. The van der Waals surface area contributed by atoms with E-state index in [2.05, 4.69) is 15.3 Å². The van der Waals surface area contributed by atoms with Crippen LogP contribution in [-0.4, -0.2) is 15.9 Å². The molecular formula is C12H12N4O. The van der Waals surface area contributed by atoms with Gasteiger partial charge in [-0.3, -0.25) is 14.8 Å². The Morgan fingerprint density at radius 1 is 1.24 bits per heavy atom. The maximum atomic E-state index is 11.9. The van der Waals surface area contributed by atoms with Crippen molar-refractivity contribution < 1.29 is 4.79 Å². The fraction of sp³-hybridized carbons (Fsp3) is 0.0833. The minimum absolute atomic E-state index is 0.285. The molecular weight excluding hydrogens is 216 g/mol. The highest BCUT2D eigenvalue weighted by molar-refractivity contribution is 6.07. The number of aryl methyl sites for hydroxylation is 1. The van der Waals surface area contributed by atoms with E-state index < -0.39 is 0 Å². The number of nitrogens with two attached hydrogens (primary N) is 1. The number of hydrogen-bond acceptors (Lipinski definition) is 4. The van der Waals surface area contributed by atoms with Gasteiger partial charge in [-0.1, -0.05) is 0 Å². The molecule has 0 fully saturated rings. The maximum Gasteiger partial charge on any atom is 0.259 e. The van der Waals surface area contributed by atoms with Crippen LogP contribution in [-0.2, 0) is 0 Å². The summed E-state index contributed by atoms with van der Waals surface area (Å²) in [7, 11) is 0. The number of carbonyl (C=O) groups is 1. The second kappa shape index (κ2) is 4.61. The molecule has 0 unspecified atom stereocenters. The van der Waals surface area contributed by atoms with Crippen molar-refractivity contribution in [2.24, 2.45) is 0 Å². The Kier molecular flexibility index (Phi) is 3.00. The molecule has 0 aliphatic rings. The van der Waals surface area contributed by atoms with Gasteiger partial charge in [-0.05, 0) is 24.6 Å². The van der Waals surface area contributed by atoms with Crippen molar-refractivity contribution in [1.82, 2.24) is 9.97 Å². The molecule has 86 valence electrons. The van der Waals surface area contributed by atoms with Crippen LogP contribution in [0.4, 0.5) is 11.4 Å². The van der Waals surface area contributed by atoms with E-state index in [0.717, 1.165) is 5.56 Å². The van der Waals surface area contributed by atoms with E-state index in [0.29, 0.717) is 16.9 Å². The summed E-state index contributed by atoms with van der Waals surface area (Å²) in [6, 6.07) is 3.41. The molecule has 0 bridgehead atoms. The summed E-state index contributed by atoms with van der Waals surface area (Å²) in [5.74, 6) is -0.285. The predicted octanol–water partition coefficient (Wildman–Crippen LogP) is 1.62. The zero-order valence-electron chi connectivity index (χ0n) is 9.34. The van der Waals surface area contributed by atoms with Crippen molar-refractivity contribution in [3.63, 3.8) is 0 Å². The van der Waals surface area contributed by atoms with Gasteiger partial charge in [-0.25, -0.2) is 0 Å². The Bertz CT molecular complexity index is 554. The number of nitrogens with one attached hydrogen (secondary N) is 1. The minimum Gasteiger partial charge on any atom is -0.398 e. The van der Waals surface area contributed by atoms with E-state index >= 15 is 0 Å². The zero-order chi connectivity index (χ0) is 12.3. The van der Waals surface area contributed by atoms with E-state index in [1.165, 1.54) is 6.20 Å². The Morgan fingerprint density at radius 3 is 2.65 bits per heavy atom. The SMILES string of the molecule is Cc1ccncc1NC(=O)c1cnccc1N. The van der Waals surface area contributed by atoms with Crippen LogP contribution in [0.3, 0.4) is 0 Å². The van der Waals surface area contributed by atoms with Crippen LogP contribution in [0.2, 0.25) is 0 Å². The molecule has 0 saturated heterocycles. The lowest BCUT2D eigenvalue weighted by atomic mass is 10.2. The largest absolute Gasteiger partial charge is 0.398 e. The van der Waals surface area contributed by atoms with Gasteiger partial charge >= 0.3 is 0 Å². The van der Waals surface area contributed by atoms with Crippen molar-refractivity contribution in [2.75, 3.05) is 11.1 Å².